The van der Waals surface area contributed by atoms with Gasteiger partial charge in [-0.2, -0.15) is 0 Å². The summed E-state index contributed by atoms with van der Waals surface area (Å²) in [5.74, 6) is -0.271. The van der Waals surface area contributed by atoms with Gasteiger partial charge < -0.3 is 40.3 Å². The molecule has 2 amide bonds. The third kappa shape index (κ3) is 5.34. The highest BCUT2D eigenvalue weighted by Crippen LogP contribution is 2.46. The molecule has 1 atom stereocenters. The fourth-order valence-electron chi connectivity index (χ4n) is 6.63. The molecule has 7 rings (SSSR count). The number of carbonyl (C=O) groups is 3. The Labute approximate surface area is 275 Å². The highest BCUT2D eigenvalue weighted by molar-refractivity contribution is 6.02. The fraction of sp³-hybridized carbons (Fsp3) is 0.343. The zero-order chi connectivity index (χ0) is 33.6. The molecule has 0 saturated heterocycles. The van der Waals surface area contributed by atoms with E-state index in [1.165, 1.54) is 0 Å². The predicted molar refractivity (Wildman–Crippen MR) is 175 cm³/mol. The quantitative estimate of drug-likeness (QED) is 0.129. The fourth-order valence-corrected chi connectivity index (χ4v) is 6.63. The maximum absolute atomic E-state index is 13.9. The number of cyclic esters (lactones) is 1. The third-order valence-electron chi connectivity index (χ3n) is 9.17. The minimum absolute atomic E-state index is 0.0332. The Balaban J connectivity index is 1.27. The third-order valence-corrected chi connectivity index (χ3v) is 9.17. The van der Waals surface area contributed by atoms with Crippen LogP contribution in [0.2, 0.25) is 0 Å². The summed E-state index contributed by atoms with van der Waals surface area (Å²) in [6, 6.07) is 12.6. The van der Waals surface area contributed by atoms with Crippen molar-refractivity contribution in [1.82, 2.24) is 14.9 Å². The van der Waals surface area contributed by atoms with Gasteiger partial charge in [0.1, 0.15) is 6.61 Å². The number of unbranched alkanes of at least 4 members (excludes halogenated alkanes) is 2. The Morgan fingerprint density at radius 1 is 1.02 bits per heavy atom. The summed E-state index contributed by atoms with van der Waals surface area (Å²) in [6.45, 7) is 2.09. The molecule has 13 nitrogen and oxygen atoms in total. The summed E-state index contributed by atoms with van der Waals surface area (Å²) < 4.78 is 18.1. The van der Waals surface area contributed by atoms with Crippen LogP contribution in [0.15, 0.2) is 47.3 Å². The second kappa shape index (κ2) is 12.4. The summed E-state index contributed by atoms with van der Waals surface area (Å²) in [4.78, 5) is 56.5. The topological polar surface area (TPSA) is 184 Å². The van der Waals surface area contributed by atoms with E-state index in [-0.39, 0.29) is 61.4 Å². The standard InChI is InChI=1S/C35H35N5O8/c1-2-35(45)24-13-26-32-22(16-40(26)33(43)23(24)17-46-34(35)44)31(21-12-27-28(48-18-47-27)14-25(21)39-32)19-7-6-8-20(11-19)38-30(42)15-37-29(41)9-4-3-5-10-36/h6-8,11-14,45H,2-5,9-10,15-18,36H2,1H3,(H,37,41)(H,38,42)/t35-/m0/s1. The van der Waals surface area contributed by atoms with E-state index in [0.717, 1.165) is 34.9 Å². The van der Waals surface area contributed by atoms with E-state index in [1.807, 2.05) is 24.3 Å². The number of nitrogens with two attached hydrogens (primary N) is 1. The molecule has 2 aromatic heterocycles. The number of carbonyl (C=O) groups excluding carboxylic acids is 3. The molecular weight excluding hydrogens is 618 g/mol. The van der Waals surface area contributed by atoms with Gasteiger partial charge in [-0.15, -0.1) is 0 Å². The lowest BCUT2D eigenvalue weighted by atomic mass is 9.86. The number of benzene rings is 2. The van der Waals surface area contributed by atoms with Crippen LogP contribution in [0.5, 0.6) is 11.5 Å². The largest absolute Gasteiger partial charge is 0.458 e. The van der Waals surface area contributed by atoms with Crippen LogP contribution < -0.4 is 31.4 Å². The van der Waals surface area contributed by atoms with Gasteiger partial charge in [0.25, 0.3) is 5.56 Å². The van der Waals surface area contributed by atoms with Gasteiger partial charge in [0.05, 0.1) is 35.6 Å². The smallest absolute Gasteiger partial charge is 0.343 e. The first-order valence-corrected chi connectivity index (χ1v) is 16.0. The van der Waals surface area contributed by atoms with Crippen molar-refractivity contribution < 1.29 is 33.7 Å². The average molecular weight is 654 g/mol. The predicted octanol–water partition coefficient (Wildman–Crippen LogP) is 3.05. The number of esters is 1. The van der Waals surface area contributed by atoms with E-state index < -0.39 is 11.6 Å². The molecule has 4 aromatic rings. The van der Waals surface area contributed by atoms with Gasteiger partial charge in [-0.25, -0.2) is 9.78 Å². The SMILES string of the molecule is CC[C@@]1(O)C(=O)OCc2c1cc1n(c2=O)Cc2c-1nc1cc3c(cc1c2-c1cccc(NC(=O)CNC(=O)CCCCCN)c1)OCO3. The summed E-state index contributed by atoms with van der Waals surface area (Å²) in [7, 11) is 0. The first-order chi connectivity index (χ1) is 23.2. The Morgan fingerprint density at radius 3 is 2.62 bits per heavy atom. The molecule has 2 aromatic carbocycles. The van der Waals surface area contributed by atoms with E-state index in [0.29, 0.717) is 53.5 Å². The van der Waals surface area contributed by atoms with Crippen LogP contribution in [0.4, 0.5) is 5.69 Å². The number of hydrogen-bond acceptors (Lipinski definition) is 10. The number of nitrogens with one attached hydrogen (secondary N) is 2. The summed E-state index contributed by atoms with van der Waals surface area (Å²) in [5, 5.41) is 17.6. The number of hydrogen-bond donors (Lipinski definition) is 4. The number of amides is 2. The number of fused-ring (bicyclic) bond motifs is 6. The van der Waals surface area contributed by atoms with Crippen LogP contribution in [-0.4, -0.2) is 52.3 Å². The van der Waals surface area contributed by atoms with Crippen LogP contribution in [0.3, 0.4) is 0 Å². The van der Waals surface area contributed by atoms with Crippen molar-refractivity contribution in [2.75, 3.05) is 25.2 Å². The molecule has 3 aliphatic rings. The Hall–Kier alpha value is -5.27. The molecule has 0 radical (unpaired) electrons. The molecule has 0 bridgehead atoms. The number of anilines is 1. The van der Waals surface area contributed by atoms with Crippen molar-refractivity contribution in [2.24, 2.45) is 5.73 Å². The van der Waals surface area contributed by atoms with Gasteiger partial charge in [-0.3, -0.25) is 14.4 Å². The lowest BCUT2D eigenvalue weighted by Gasteiger charge is -2.31. The number of aromatic nitrogens is 2. The molecule has 0 aliphatic carbocycles. The Morgan fingerprint density at radius 2 is 1.83 bits per heavy atom. The number of rotatable bonds is 10. The van der Waals surface area contributed by atoms with Crippen molar-refractivity contribution in [3.8, 4) is 34.0 Å². The highest BCUT2D eigenvalue weighted by Gasteiger charge is 2.45. The summed E-state index contributed by atoms with van der Waals surface area (Å²) in [6.07, 6.45) is 2.78. The first kappa shape index (κ1) is 31.3. The monoisotopic (exact) mass is 653 g/mol. The van der Waals surface area contributed by atoms with E-state index in [4.69, 9.17) is 24.9 Å². The molecule has 0 fully saturated rings. The van der Waals surface area contributed by atoms with Crippen LogP contribution >= 0.6 is 0 Å². The molecule has 48 heavy (non-hydrogen) atoms. The van der Waals surface area contributed by atoms with Gasteiger partial charge in [-0.05, 0) is 61.2 Å². The normalized spacial score (nSPS) is 17.0. The molecule has 3 aliphatic heterocycles. The van der Waals surface area contributed by atoms with Crippen LogP contribution in [-0.2, 0) is 37.9 Å². The molecule has 13 heteroatoms. The van der Waals surface area contributed by atoms with E-state index in [2.05, 4.69) is 10.6 Å². The second-order valence-corrected chi connectivity index (χ2v) is 12.1. The zero-order valence-corrected chi connectivity index (χ0v) is 26.4. The number of aliphatic hydroxyl groups is 1. The van der Waals surface area contributed by atoms with E-state index in [1.54, 1.807) is 29.7 Å². The summed E-state index contributed by atoms with van der Waals surface area (Å²) in [5.41, 5.74) is 8.00. The van der Waals surface area contributed by atoms with Gasteiger partial charge in [0.15, 0.2) is 17.1 Å². The number of pyridine rings is 2. The molecule has 5 N–H and O–H groups in total. The number of nitrogens with zero attached hydrogens (tertiary/aromatic N) is 2. The highest BCUT2D eigenvalue weighted by atomic mass is 16.7. The Kier molecular flexibility index (Phi) is 8.09. The van der Waals surface area contributed by atoms with Gasteiger partial charge in [0.2, 0.25) is 18.6 Å². The van der Waals surface area contributed by atoms with Crippen LogP contribution in [0, 0.1) is 0 Å². The van der Waals surface area contributed by atoms with Crippen molar-refractivity contribution >= 4 is 34.4 Å². The lowest BCUT2D eigenvalue weighted by molar-refractivity contribution is -0.172. The lowest BCUT2D eigenvalue weighted by Crippen LogP contribution is -2.44. The maximum atomic E-state index is 13.9. The van der Waals surface area contributed by atoms with Gasteiger partial charge in [-0.1, -0.05) is 25.5 Å². The van der Waals surface area contributed by atoms with Gasteiger partial charge >= 0.3 is 5.97 Å². The van der Waals surface area contributed by atoms with Crippen molar-refractivity contribution in [2.45, 2.75) is 57.8 Å². The summed E-state index contributed by atoms with van der Waals surface area (Å²) >= 11 is 0. The van der Waals surface area contributed by atoms with E-state index >= 15 is 0 Å². The van der Waals surface area contributed by atoms with Crippen LogP contribution in [0.1, 0.15) is 55.7 Å². The van der Waals surface area contributed by atoms with Crippen LogP contribution in [0.25, 0.3) is 33.4 Å². The molecule has 5 heterocycles. The zero-order valence-electron chi connectivity index (χ0n) is 26.4. The first-order valence-electron chi connectivity index (χ1n) is 16.0. The number of ether oxygens (including phenoxy) is 3. The minimum atomic E-state index is -1.95. The molecule has 0 unspecified atom stereocenters. The van der Waals surface area contributed by atoms with Crippen molar-refractivity contribution in [3.05, 3.63) is 69.5 Å². The average Bonchev–Trinajstić information content (AvgIpc) is 3.70. The molecular formula is C35H35N5O8. The van der Waals surface area contributed by atoms with Gasteiger partial charge in [0, 0.05) is 34.7 Å². The molecule has 0 spiro atoms. The molecule has 0 saturated carbocycles. The Bertz CT molecular complexity index is 2060. The minimum Gasteiger partial charge on any atom is -0.458 e. The van der Waals surface area contributed by atoms with E-state index in [9.17, 15) is 24.3 Å². The van der Waals surface area contributed by atoms with Crippen molar-refractivity contribution in [1.29, 1.82) is 0 Å². The molecule has 248 valence electrons. The maximum Gasteiger partial charge on any atom is 0.343 e. The van der Waals surface area contributed by atoms with Crippen molar-refractivity contribution in [3.63, 3.8) is 0 Å². The second-order valence-electron chi connectivity index (χ2n) is 12.1.